The van der Waals surface area contributed by atoms with Gasteiger partial charge in [0.05, 0.1) is 26.4 Å². The van der Waals surface area contributed by atoms with Crippen molar-refractivity contribution in [3.8, 4) is 11.3 Å². The van der Waals surface area contributed by atoms with Crippen LogP contribution in [0.2, 0.25) is 10.0 Å². The molecule has 1 aromatic heterocycles. The minimum absolute atomic E-state index is 0.0205. The third kappa shape index (κ3) is 5.66. The van der Waals surface area contributed by atoms with E-state index in [1.54, 1.807) is 12.1 Å². The monoisotopic (exact) mass is 525 g/mol. The van der Waals surface area contributed by atoms with Gasteiger partial charge in [-0.05, 0) is 37.1 Å². The number of carbonyl (C=O) groups excluding carboxylic acids is 1. The number of thiazole rings is 1. The molecule has 0 N–H and O–H groups in total. The first-order valence-corrected chi connectivity index (χ1v) is 12.7. The molecule has 1 aliphatic heterocycles. The molecular weight excluding hydrogens is 508 g/mol. The van der Waals surface area contributed by atoms with Crippen LogP contribution in [0.25, 0.3) is 11.3 Å². The van der Waals surface area contributed by atoms with Crippen LogP contribution in [-0.4, -0.2) is 39.6 Å². The van der Waals surface area contributed by atoms with Gasteiger partial charge in [0.25, 0.3) is 5.69 Å². The minimum atomic E-state index is -0.506. The maximum Gasteiger partial charge on any atom is 0.288 e. The van der Waals surface area contributed by atoms with Gasteiger partial charge in [0.15, 0.2) is 0 Å². The second-order valence-corrected chi connectivity index (χ2v) is 10.2. The zero-order chi connectivity index (χ0) is 23.5. The van der Waals surface area contributed by atoms with Gasteiger partial charge < -0.3 is 4.90 Å². The van der Waals surface area contributed by atoms with Crippen molar-refractivity contribution in [3.63, 3.8) is 0 Å². The zero-order valence-electron chi connectivity index (χ0n) is 17.2. The third-order valence-electron chi connectivity index (χ3n) is 5.40. The molecule has 1 amide bonds. The summed E-state index contributed by atoms with van der Waals surface area (Å²) in [6.07, 6.45) is 1.59. The van der Waals surface area contributed by atoms with Crippen molar-refractivity contribution in [2.45, 2.75) is 23.7 Å². The number of benzene rings is 2. The van der Waals surface area contributed by atoms with Gasteiger partial charge in [-0.2, -0.15) is 0 Å². The highest BCUT2D eigenvalue weighted by atomic mass is 35.5. The number of piperidine rings is 1. The summed E-state index contributed by atoms with van der Waals surface area (Å²) in [6, 6.07) is 8.82. The van der Waals surface area contributed by atoms with Crippen LogP contribution in [-0.2, 0) is 4.79 Å². The Kier molecular flexibility index (Phi) is 7.53. The van der Waals surface area contributed by atoms with Crippen LogP contribution in [0.15, 0.2) is 46.7 Å². The fraction of sp³-hybridized carbons (Fsp3) is 0.273. The summed E-state index contributed by atoms with van der Waals surface area (Å²) in [5.74, 6) is 0.0889. The van der Waals surface area contributed by atoms with Crippen LogP contribution in [0.1, 0.15) is 23.8 Å². The molecule has 0 atom stereocenters. The Morgan fingerprint density at radius 3 is 2.67 bits per heavy atom. The van der Waals surface area contributed by atoms with Crippen molar-refractivity contribution in [1.82, 2.24) is 9.88 Å². The number of halogens is 3. The molecule has 1 aliphatic rings. The molecule has 0 radical (unpaired) electrons. The van der Waals surface area contributed by atoms with Crippen LogP contribution in [0.4, 0.5) is 10.1 Å². The van der Waals surface area contributed by atoms with Crippen LogP contribution in [0, 0.1) is 15.9 Å². The lowest BCUT2D eigenvalue weighted by Gasteiger charge is -2.31. The number of nitrogens with zero attached hydrogens (tertiary/aromatic N) is 3. The van der Waals surface area contributed by atoms with E-state index in [0.29, 0.717) is 34.3 Å². The lowest BCUT2D eigenvalue weighted by molar-refractivity contribution is -0.384. The smallest absolute Gasteiger partial charge is 0.288 e. The highest BCUT2D eigenvalue weighted by Crippen LogP contribution is 2.35. The fourth-order valence-electron chi connectivity index (χ4n) is 3.62. The SMILES string of the molecule is O=C(CSc1ccc(F)cc1Cl)N1CCC(c2nc(-c3ccc(Cl)c([N+](=O)[O-])c3)cs2)CC1. The number of hydrogen-bond donors (Lipinski definition) is 0. The van der Waals surface area contributed by atoms with Gasteiger partial charge in [-0.25, -0.2) is 9.37 Å². The summed E-state index contributed by atoms with van der Waals surface area (Å²) in [5, 5.41) is 14.4. The first-order chi connectivity index (χ1) is 15.8. The predicted molar refractivity (Wildman–Crippen MR) is 130 cm³/mol. The topological polar surface area (TPSA) is 76.3 Å². The molecule has 0 spiro atoms. The van der Waals surface area contributed by atoms with Crippen molar-refractivity contribution in [1.29, 1.82) is 0 Å². The summed E-state index contributed by atoms with van der Waals surface area (Å²) >= 11 is 14.8. The van der Waals surface area contributed by atoms with E-state index in [-0.39, 0.29) is 28.3 Å². The number of carbonyl (C=O) groups is 1. The van der Waals surface area contributed by atoms with Gasteiger partial charge in [0.1, 0.15) is 10.8 Å². The molecule has 0 saturated carbocycles. The summed E-state index contributed by atoms with van der Waals surface area (Å²) in [5.41, 5.74) is 1.19. The maximum absolute atomic E-state index is 13.2. The number of nitro benzene ring substituents is 1. The molecule has 33 heavy (non-hydrogen) atoms. The molecule has 6 nitrogen and oxygen atoms in total. The quantitative estimate of drug-likeness (QED) is 0.204. The first-order valence-electron chi connectivity index (χ1n) is 10.1. The summed E-state index contributed by atoms with van der Waals surface area (Å²) in [6.45, 7) is 1.26. The van der Waals surface area contributed by atoms with Crippen molar-refractivity contribution in [2.24, 2.45) is 0 Å². The van der Waals surface area contributed by atoms with Crippen LogP contribution in [0.3, 0.4) is 0 Å². The van der Waals surface area contributed by atoms with Crippen LogP contribution < -0.4 is 0 Å². The van der Waals surface area contributed by atoms with E-state index < -0.39 is 10.7 Å². The minimum Gasteiger partial charge on any atom is -0.342 e. The highest BCUT2D eigenvalue weighted by molar-refractivity contribution is 8.00. The van der Waals surface area contributed by atoms with E-state index in [4.69, 9.17) is 28.2 Å². The highest BCUT2D eigenvalue weighted by Gasteiger charge is 2.26. The number of likely N-dealkylation sites (tertiary alicyclic amines) is 1. The Morgan fingerprint density at radius 2 is 1.97 bits per heavy atom. The van der Waals surface area contributed by atoms with E-state index in [0.717, 1.165) is 17.8 Å². The van der Waals surface area contributed by atoms with Gasteiger partial charge >= 0.3 is 0 Å². The van der Waals surface area contributed by atoms with Crippen molar-refractivity contribution in [2.75, 3.05) is 18.8 Å². The maximum atomic E-state index is 13.2. The first kappa shape index (κ1) is 23.9. The predicted octanol–water partition coefficient (Wildman–Crippen LogP) is 6.66. The average molecular weight is 526 g/mol. The molecule has 172 valence electrons. The second kappa shape index (κ2) is 10.4. The molecule has 0 aliphatic carbocycles. The van der Waals surface area contributed by atoms with Gasteiger partial charge in [-0.15, -0.1) is 23.1 Å². The Hall–Kier alpha value is -2.20. The Morgan fingerprint density at radius 1 is 1.21 bits per heavy atom. The number of nitro groups is 1. The Bertz CT molecular complexity index is 1200. The van der Waals surface area contributed by atoms with Crippen LogP contribution in [0.5, 0.6) is 0 Å². The number of aromatic nitrogens is 1. The fourth-order valence-corrected chi connectivity index (χ4v) is 5.96. The molecule has 4 rings (SSSR count). The van der Waals surface area contributed by atoms with Gasteiger partial charge in [-0.3, -0.25) is 14.9 Å². The molecule has 1 saturated heterocycles. The second-order valence-electron chi connectivity index (χ2n) is 7.51. The molecule has 2 heterocycles. The zero-order valence-corrected chi connectivity index (χ0v) is 20.3. The molecular formula is C22H18Cl2FN3O3S2. The van der Waals surface area contributed by atoms with Gasteiger partial charge in [-0.1, -0.05) is 29.3 Å². The molecule has 11 heteroatoms. The van der Waals surface area contributed by atoms with Crippen molar-refractivity contribution >= 4 is 57.9 Å². The van der Waals surface area contributed by atoms with Gasteiger partial charge in [0, 0.05) is 40.9 Å². The van der Waals surface area contributed by atoms with Crippen molar-refractivity contribution < 1.29 is 14.1 Å². The molecule has 1 fully saturated rings. The normalized spacial score (nSPS) is 14.5. The van der Waals surface area contributed by atoms with E-state index in [1.807, 2.05) is 10.3 Å². The lowest BCUT2D eigenvalue weighted by Crippen LogP contribution is -2.38. The molecule has 0 unspecified atom stereocenters. The molecule has 0 bridgehead atoms. The van der Waals surface area contributed by atoms with E-state index in [1.165, 1.54) is 47.4 Å². The summed E-state index contributed by atoms with van der Waals surface area (Å²) in [7, 11) is 0. The van der Waals surface area contributed by atoms with E-state index in [2.05, 4.69) is 0 Å². The van der Waals surface area contributed by atoms with Gasteiger partial charge in [0.2, 0.25) is 5.91 Å². The van der Waals surface area contributed by atoms with Crippen LogP contribution >= 0.6 is 46.3 Å². The Balaban J connectivity index is 1.34. The number of hydrogen-bond acceptors (Lipinski definition) is 6. The van der Waals surface area contributed by atoms with E-state index >= 15 is 0 Å². The Labute approximate surface area is 207 Å². The number of rotatable bonds is 6. The van der Waals surface area contributed by atoms with E-state index in [9.17, 15) is 19.3 Å². The summed E-state index contributed by atoms with van der Waals surface area (Å²) in [4.78, 5) is 30.5. The van der Waals surface area contributed by atoms with Crippen molar-refractivity contribution in [3.05, 3.63) is 72.8 Å². The molecule has 2 aromatic carbocycles. The summed E-state index contributed by atoms with van der Waals surface area (Å²) < 4.78 is 13.2. The molecule has 3 aromatic rings. The standard InChI is InChI=1S/C22H18Cl2FN3O3S2/c23-16-3-1-14(9-19(16)28(30)31)18-11-33-22(26-18)13-5-7-27(8-6-13)21(29)12-32-20-4-2-15(25)10-17(20)24/h1-4,9-11,13H,5-8,12H2. The number of thioether (sulfide) groups is 1. The third-order valence-corrected chi connectivity index (χ3v) is 8.21. The number of amides is 1. The lowest BCUT2D eigenvalue weighted by atomic mass is 9.97. The average Bonchev–Trinajstić information content (AvgIpc) is 3.29. The largest absolute Gasteiger partial charge is 0.342 e.